The number of nitrogens with zero attached hydrogens (tertiary/aromatic N) is 5. The summed E-state index contributed by atoms with van der Waals surface area (Å²) in [6.45, 7) is 1.72. The van der Waals surface area contributed by atoms with Gasteiger partial charge in [-0.15, -0.1) is 0 Å². The molecule has 1 N–H and O–H groups in total. The molecule has 4 amide bonds. The van der Waals surface area contributed by atoms with Gasteiger partial charge >= 0.3 is 0 Å². The number of amides is 4. The lowest BCUT2D eigenvalue weighted by molar-refractivity contribution is -0.131. The van der Waals surface area contributed by atoms with Crippen molar-refractivity contribution in [2.45, 2.75) is 25.7 Å². The van der Waals surface area contributed by atoms with Crippen LogP contribution in [-0.2, 0) is 19.2 Å². The van der Waals surface area contributed by atoms with Gasteiger partial charge in [0, 0.05) is 31.3 Å². The molecule has 1 saturated carbocycles. The average Bonchev–Trinajstić information content (AvgIpc) is 3.52. The van der Waals surface area contributed by atoms with Crippen molar-refractivity contribution < 1.29 is 28.7 Å². The monoisotopic (exact) mass is 731 g/mol. The van der Waals surface area contributed by atoms with E-state index < -0.39 is 52.6 Å². The molecule has 53 heavy (non-hydrogen) atoms. The minimum Gasteiger partial charge on any atom is -0.508 e. The molecule has 6 atom stereocenters. The quantitative estimate of drug-likeness (QED) is 0.122. The Balaban J connectivity index is 1.12. The summed E-state index contributed by atoms with van der Waals surface area (Å²) in [7, 11) is 3.91. The van der Waals surface area contributed by atoms with Gasteiger partial charge in [0.25, 0.3) is 0 Å². The first-order chi connectivity index (χ1) is 25.4. The van der Waals surface area contributed by atoms with E-state index in [-0.39, 0.29) is 41.1 Å². The van der Waals surface area contributed by atoms with Gasteiger partial charge in [-0.2, -0.15) is 10.2 Å². The van der Waals surface area contributed by atoms with Gasteiger partial charge in [-0.3, -0.25) is 24.1 Å². The highest BCUT2D eigenvalue weighted by Crippen LogP contribution is 2.64. The Morgan fingerprint density at radius 2 is 1.45 bits per heavy atom. The molecule has 0 aromatic heterocycles. The first kappa shape index (κ1) is 34.4. The molecule has 0 bridgehead atoms. The van der Waals surface area contributed by atoms with E-state index in [4.69, 9.17) is 11.6 Å². The molecule has 2 aliphatic carbocycles. The molecule has 4 aromatic rings. The van der Waals surface area contributed by atoms with Gasteiger partial charge in [0.15, 0.2) is 0 Å². The van der Waals surface area contributed by atoms with Crippen LogP contribution >= 0.6 is 11.6 Å². The number of rotatable bonds is 6. The van der Waals surface area contributed by atoms with Crippen molar-refractivity contribution in [1.29, 1.82) is 0 Å². The minimum atomic E-state index is -1.37. The van der Waals surface area contributed by atoms with Crippen molar-refractivity contribution in [3.05, 3.63) is 119 Å². The van der Waals surface area contributed by atoms with Gasteiger partial charge in [-0.1, -0.05) is 41.4 Å². The van der Waals surface area contributed by atoms with E-state index in [1.54, 1.807) is 49.4 Å². The van der Waals surface area contributed by atoms with Gasteiger partial charge < -0.3 is 10.0 Å². The highest BCUT2D eigenvalue weighted by atomic mass is 35.5. The summed E-state index contributed by atoms with van der Waals surface area (Å²) in [6.07, 6.45) is 2.30. The van der Waals surface area contributed by atoms with Gasteiger partial charge in [-0.05, 0) is 98.5 Å². The van der Waals surface area contributed by atoms with Gasteiger partial charge in [0.1, 0.15) is 11.6 Å². The molecule has 12 heteroatoms. The van der Waals surface area contributed by atoms with E-state index in [9.17, 15) is 28.7 Å². The summed E-state index contributed by atoms with van der Waals surface area (Å²) < 4.78 is 14.1. The summed E-state index contributed by atoms with van der Waals surface area (Å²) in [5.74, 6) is -6.21. The van der Waals surface area contributed by atoms with E-state index in [1.807, 2.05) is 49.3 Å². The average molecular weight is 732 g/mol. The Bertz CT molecular complexity index is 2260. The summed E-state index contributed by atoms with van der Waals surface area (Å²) in [5.41, 5.74) is 2.61. The largest absolute Gasteiger partial charge is 0.508 e. The van der Waals surface area contributed by atoms with E-state index in [2.05, 4.69) is 10.2 Å². The molecule has 0 unspecified atom stereocenters. The molecule has 2 heterocycles. The van der Waals surface area contributed by atoms with E-state index >= 15 is 0 Å². The summed E-state index contributed by atoms with van der Waals surface area (Å²) in [5, 5.41) is 19.6. The van der Waals surface area contributed by atoms with Crippen molar-refractivity contribution in [2.24, 2.45) is 39.3 Å². The van der Waals surface area contributed by atoms with Crippen LogP contribution in [0, 0.1) is 34.9 Å². The fourth-order valence-electron chi connectivity index (χ4n) is 8.82. The molecule has 268 valence electrons. The molecular formula is C41H35ClFN5O5. The molecule has 2 aliphatic heterocycles. The molecule has 2 saturated heterocycles. The molecule has 10 nitrogen and oxygen atoms in total. The Kier molecular flexibility index (Phi) is 8.29. The molecule has 3 fully saturated rings. The van der Waals surface area contributed by atoms with Crippen LogP contribution in [0.25, 0.3) is 0 Å². The van der Waals surface area contributed by atoms with Gasteiger partial charge in [-0.25, -0.2) is 9.29 Å². The van der Waals surface area contributed by atoms with Crippen molar-refractivity contribution >= 4 is 63.7 Å². The molecule has 0 radical (unpaired) electrons. The summed E-state index contributed by atoms with van der Waals surface area (Å²) in [4.78, 5) is 61.6. The number of imide groups is 2. The third kappa shape index (κ3) is 5.36. The third-order valence-electron chi connectivity index (χ3n) is 11.4. The first-order valence-corrected chi connectivity index (χ1v) is 17.8. The van der Waals surface area contributed by atoms with Crippen molar-refractivity contribution in [3.8, 4) is 5.75 Å². The normalized spacial score (nSPS) is 26.5. The van der Waals surface area contributed by atoms with E-state index in [1.165, 1.54) is 23.1 Å². The zero-order valence-corrected chi connectivity index (χ0v) is 29.9. The number of para-hydroxylation sites is 1. The van der Waals surface area contributed by atoms with E-state index in [0.717, 1.165) is 22.2 Å². The lowest BCUT2D eigenvalue weighted by Crippen LogP contribution is -2.48. The van der Waals surface area contributed by atoms with Crippen molar-refractivity contribution in [1.82, 2.24) is 0 Å². The molecule has 8 rings (SSSR count). The first-order valence-electron chi connectivity index (χ1n) is 17.4. The highest BCUT2D eigenvalue weighted by molar-refractivity contribution is 6.32. The highest BCUT2D eigenvalue weighted by Gasteiger charge is 2.68. The number of hydrogen-bond acceptors (Lipinski definition) is 8. The maximum Gasteiger partial charge on any atom is 0.241 e. The lowest BCUT2D eigenvalue weighted by atomic mass is 9.51. The summed E-state index contributed by atoms with van der Waals surface area (Å²) in [6, 6.07) is 24.7. The van der Waals surface area contributed by atoms with Crippen LogP contribution in [0.2, 0.25) is 5.02 Å². The van der Waals surface area contributed by atoms with Crippen molar-refractivity contribution in [3.63, 3.8) is 0 Å². The van der Waals surface area contributed by atoms with Crippen LogP contribution < -0.4 is 14.7 Å². The number of aromatic hydroxyl groups is 1. The number of carbonyl (C=O) groups excluding carboxylic acids is 4. The SMILES string of the molecule is CN(C)c1ccc(N=Nc2ccc(N3C(=O)[C@H]4[C@H](CC=C5[C@H]4C[C@H]4C(=O)N(c6ccc(F)c(Cl)c6)C(=O)[C@@]4(C)[C@H]5c4ccccc4O)C3=O)cc2)cc1. The minimum absolute atomic E-state index is 0.0528. The lowest BCUT2D eigenvalue weighted by Gasteiger charge is -2.49. The number of azo groups is 1. The Labute approximate surface area is 310 Å². The number of hydrogen-bond donors (Lipinski definition) is 1. The van der Waals surface area contributed by atoms with Gasteiger partial charge in [0.2, 0.25) is 23.6 Å². The number of benzene rings is 4. The standard InChI is InChI=1S/C41H35ClFN5O5/c1-41-31(38(51)48(40(41)53)26-16-19-33(43)32(42)20-26)21-30-27(36(41)28-6-4-5-7-34(28)49)17-18-29-35(30)39(52)47(37(29)50)25-14-10-23(11-15-25)45-44-22-8-12-24(13-9-22)46(2)3/h4-17,19-20,29-31,35-36,49H,18,21H2,1-3H3/t29-,30+,31-,35-,36+,41+/m0/s1. The fourth-order valence-corrected chi connectivity index (χ4v) is 8.99. The smallest absolute Gasteiger partial charge is 0.241 e. The Morgan fingerprint density at radius 1 is 0.811 bits per heavy atom. The predicted molar refractivity (Wildman–Crippen MR) is 198 cm³/mol. The molecule has 0 spiro atoms. The topological polar surface area (TPSA) is 123 Å². The molecular weight excluding hydrogens is 697 g/mol. The van der Waals surface area contributed by atoms with Crippen LogP contribution in [0.3, 0.4) is 0 Å². The third-order valence-corrected chi connectivity index (χ3v) is 11.7. The zero-order valence-electron chi connectivity index (χ0n) is 29.1. The number of phenolic OH excluding ortho intramolecular Hbond substituents is 1. The Morgan fingerprint density at radius 3 is 2.09 bits per heavy atom. The van der Waals surface area contributed by atoms with E-state index in [0.29, 0.717) is 22.6 Å². The number of carbonyl (C=O) groups is 4. The van der Waals surface area contributed by atoms with Crippen molar-refractivity contribution in [2.75, 3.05) is 28.8 Å². The molecule has 4 aliphatic rings. The fraction of sp³-hybridized carbons (Fsp3) is 0.268. The summed E-state index contributed by atoms with van der Waals surface area (Å²) >= 11 is 6.09. The van der Waals surface area contributed by atoms with Crippen LogP contribution in [-0.4, -0.2) is 42.8 Å². The number of allylic oxidation sites excluding steroid dienone is 2. The maximum atomic E-state index is 14.5. The van der Waals surface area contributed by atoms with Crippen LogP contribution in [0.5, 0.6) is 5.75 Å². The number of halogens is 2. The number of phenols is 1. The van der Waals surface area contributed by atoms with Crippen LogP contribution in [0.4, 0.5) is 32.8 Å². The molecule has 4 aromatic carbocycles. The van der Waals surface area contributed by atoms with Crippen LogP contribution in [0.15, 0.2) is 113 Å². The second-order valence-electron chi connectivity index (χ2n) is 14.5. The number of fused-ring (bicyclic) bond motifs is 4. The number of anilines is 3. The van der Waals surface area contributed by atoms with Gasteiger partial charge in [0.05, 0.1) is 50.9 Å². The second-order valence-corrected chi connectivity index (χ2v) is 14.9. The predicted octanol–water partition coefficient (Wildman–Crippen LogP) is 8.10. The van der Waals surface area contributed by atoms with Crippen LogP contribution in [0.1, 0.15) is 31.2 Å². The Hall–Kier alpha value is -5.68. The zero-order chi connectivity index (χ0) is 37.3. The second kappa shape index (κ2) is 12.8. The maximum absolute atomic E-state index is 14.5.